The summed E-state index contributed by atoms with van der Waals surface area (Å²) in [5.74, 6) is 0.429. The van der Waals surface area contributed by atoms with Crippen LogP contribution in [0.15, 0.2) is 36.7 Å². The zero-order chi connectivity index (χ0) is 18.0. The van der Waals surface area contributed by atoms with Gasteiger partial charge in [-0.1, -0.05) is 30.3 Å². The second kappa shape index (κ2) is 7.13. The lowest BCUT2D eigenvalue weighted by Crippen LogP contribution is -2.53. The van der Waals surface area contributed by atoms with Crippen LogP contribution in [-0.2, 0) is 17.9 Å². The number of carbonyl (C=O) groups excluding carboxylic acids is 1. The molecule has 3 heterocycles. The Bertz CT molecular complexity index is 737. The van der Waals surface area contributed by atoms with E-state index in [0.29, 0.717) is 12.5 Å². The van der Waals surface area contributed by atoms with Crippen molar-refractivity contribution in [2.24, 2.45) is 11.3 Å². The van der Waals surface area contributed by atoms with Crippen LogP contribution in [0.1, 0.15) is 12.0 Å². The molecule has 2 aliphatic rings. The molecule has 2 fully saturated rings. The first kappa shape index (κ1) is 17.1. The molecule has 2 atom stereocenters. The van der Waals surface area contributed by atoms with Crippen molar-refractivity contribution in [2.75, 3.05) is 32.8 Å². The molecular weight excluding hydrogens is 332 g/mol. The van der Waals surface area contributed by atoms with Crippen LogP contribution in [0.4, 0.5) is 0 Å². The molecule has 26 heavy (non-hydrogen) atoms. The quantitative estimate of drug-likeness (QED) is 0.812. The van der Waals surface area contributed by atoms with Gasteiger partial charge in [0.1, 0.15) is 12.9 Å². The SMILES string of the molecule is O=C(Cn1cnnn1)N1CC[C@H]2CN(Cc3ccccc3)C[C@@]2(CO)C1. The minimum absolute atomic E-state index is 0.00471. The van der Waals surface area contributed by atoms with E-state index in [0.717, 1.165) is 32.6 Å². The van der Waals surface area contributed by atoms with Gasteiger partial charge in [-0.05, 0) is 28.3 Å². The van der Waals surface area contributed by atoms with Crippen LogP contribution in [0.5, 0.6) is 0 Å². The van der Waals surface area contributed by atoms with Crippen LogP contribution in [0.2, 0.25) is 0 Å². The normalized spacial score (nSPS) is 26.0. The molecule has 0 bridgehead atoms. The van der Waals surface area contributed by atoms with Crippen LogP contribution >= 0.6 is 0 Å². The molecule has 1 amide bonds. The lowest BCUT2D eigenvalue weighted by molar-refractivity contribution is -0.137. The number of aliphatic hydroxyl groups excluding tert-OH is 1. The standard InChI is InChI=1S/C18H24N6O2/c25-13-18-11-22(8-15-4-2-1-3-5-15)9-16(18)6-7-23(12-18)17(26)10-24-14-19-20-21-24/h1-5,14,16,25H,6-13H2/t16-,18-/m0/s1. The van der Waals surface area contributed by atoms with E-state index < -0.39 is 0 Å². The number of aliphatic hydroxyl groups is 1. The van der Waals surface area contributed by atoms with Gasteiger partial charge in [0, 0.05) is 38.1 Å². The van der Waals surface area contributed by atoms with Crippen molar-refractivity contribution in [1.29, 1.82) is 0 Å². The van der Waals surface area contributed by atoms with Crippen LogP contribution in [0, 0.1) is 11.3 Å². The van der Waals surface area contributed by atoms with E-state index in [9.17, 15) is 9.90 Å². The summed E-state index contributed by atoms with van der Waals surface area (Å²) in [5, 5.41) is 21.1. The first-order valence-electron chi connectivity index (χ1n) is 9.04. The zero-order valence-electron chi connectivity index (χ0n) is 14.7. The van der Waals surface area contributed by atoms with Gasteiger partial charge in [-0.25, -0.2) is 4.68 Å². The van der Waals surface area contributed by atoms with Crippen molar-refractivity contribution < 1.29 is 9.90 Å². The lowest BCUT2D eigenvalue weighted by Gasteiger charge is -2.43. The van der Waals surface area contributed by atoms with Gasteiger partial charge in [0.05, 0.1) is 6.61 Å². The van der Waals surface area contributed by atoms with Crippen LogP contribution < -0.4 is 0 Å². The first-order valence-corrected chi connectivity index (χ1v) is 9.04. The van der Waals surface area contributed by atoms with Gasteiger partial charge in [-0.3, -0.25) is 9.69 Å². The predicted octanol–water partition coefficient (Wildman–Crippen LogP) is 0.0161. The topological polar surface area (TPSA) is 87.4 Å². The van der Waals surface area contributed by atoms with Gasteiger partial charge < -0.3 is 10.0 Å². The molecule has 1 aromatic carbocycles. The van der Waals surface area contributed by atoms with Gasteiger partial charge in [0.25, 0.3) is 0 Å². The Hall–Kier alpha value is -2.32. The minimum Gasteiger partial charge on any atom is -0.396 e. The third-order valence-electron chi connectivity index (χ3n) is 5.74. The molecule has 0 unspecified atom stereocenters. The number of tetrazole rings is 1. The maximum absolute atomic E-state index is 12.6. The molecular formula is C18H24N6O2. The maximum atomic E-state index is 12.6. The zero-order valence-corrected chi connectivity index (χ0v) is 14.7. The average Bonchev–Trinajstić information content (AvgIpc) is 3.29. The number of carbonyl (C=O) groups is 1. The minimum atomic E-state index is -0.233. The second-order valence-electron chi connectivity index (χ2n) is 7.48. The Morgan fingerprint density at radius 1 is 1.27 bits per heavy atom. The molecule has 2 aromatic rings. The third-order valence-corrected chi connectivity index (χ3v) is 5.74. The van der Waals surface area contributed by atoms with E-state index in [2.05, 4.69) is 44.7 Å². The van der Waals surface area contributed by atoms with Gasteiger partial charge in [-0.15, -0.1) is 5.10 Å². The molecule has 0 aliphatic carbocycles. The summed E-state index contributed by atoms with van der Waals surface area (Å²) < 4.78 is 1.44. The summed E-state index contributed by atoms with van der Waals surface area (Å²) in [6, 6.07) is 10.4. The van der Waals surface area contributed by atoms with Gasteiger partial charge >= 0.3 is 0 Å². The van der Waals surface area contributed by atoms with Crippen LogP contribution in [0.25, 0.3) is 0 Å². The Morgan fingerprint density at radius 3 is 2.85 bits per heavy atom. The van der Waals surface area contributed by atoms with Crippen molar-refractivity contribution in [3.8, 4) is 0 Å². The van der Waals surface area contributed by atoms with Crippen molar-refractivity contribution in [3.05, 3.63) is 42.2 Å². The van der Waals surface area contributed by atoms with Gasteiger partial charge in [0.2, 0.25) is 5.91 Å². The summed E-state index contributed by atoms with van der Waals surface area (Å²) in [7, 11) is 0. The molecule has 0 saturated carbocycles. The van der Waals surface area contributed by atoms with Crippen LogP contribution in [0.3, 0.4) is 0 Å². The van der Waals surface area contributed by atoms with E-state index in [-0.39, 0.29) is 24.5 Å². The second-order valence-corrected chi connectivity index (χ2v) is 7.48. The fraction of sp³-hybridized carbons (Fsp3) is 0.556. The number of hydrogen-bond acceptors (Lipinski definition) is 6. The average molecular weight is 356 g/mol. The number of hydrogen-bond donors (Lipinski definition) is 1. The fourth-order valence-electron chi connectivity index (χ4n) is 4.39. The fourth-order valence-corrected chi connectivity index (χ4v) is 4.39. The van der Waals surface area contributed by atoms with Crippen molar-refractivity contribution in [3.63, 3.8) is 0 Å². The van der Waals surface area contributed by atoms with E-state index in [4.69, 9.17) is 0 Å². The smallest absolute Gasteiger partial charge is 0.244 e. The number of nitrogens with zero attached hydrogens (tertiary/aromatic N) is 6. The van der Waals surface area contributed by atoms with E-state index in [1.54, 1.807) is 0 Å². The largest absolute Gasteiger partial charge is 0.396 e. The molecule has 2 saturated heterocycles. The number of aromatic nitrogens is 4. The highest BCUT2D eigenvalue weighted by molar-refractivity contribution is 5.76. The number of fused-ring (bicyclic) bond motifs is 1. The summed E-state index contributed by atoms with van der Waals surface area (Å²) in [6.45, 7) is 4.26. The van der Waals surface area contributed by atoms with E-state index in [1.165, 1.54) is 16.6 Å². The summed E-state index contributed by atoms with van der Waals surface area (Å²) >= 11 is 0. The summed E-state index contributed by atoms with van der Waals surface area (Å²) in [4.78, 5) is 16.9. The molecule has 1 N–H and O–H groups in total. The Morgan fingerprint density at radius 2 is 2.12 bits per heavy atom. The third kappa shape index (κ3) is 3.34. The van der Waals surface area contributed by atoms with E-state index >= 15 is 0 Å². The molecule has 0 radical (unpaired) electrons. The molecule has 8 nitrogen and oxygen atoms in total. The number of rotatable bonds is 5. The summed E-state index contributed by atoms with van der Waals surface area (Å²) in [5.41, 5.74) is 1.05. The van der Waals surface area contributed by atoms with Gasteiger partial charge in [-0.2, -0.15) is 0 Å². The maximum Gasteiger partial charge on any atom is 0.244 e. The van der Waals surface area contributed by atoms with Gasteiger partial charge in [0.15, 0.2) is 0 Å². The highest BCUT2D eigenvalue weighted by atomic mass is 16.3. The number of likely N-dealkylation sites (tertiary alicyclic amines) is 2. The van der Waals surface area contributed by atoms with E-state index in [1.807, 2.05) is 11.0 Å². The molecule has 0 spiro atoms. The predicted molar refractivity (Wildman–Crippen MR) is 93.7 cm³/mol. The monoisotopic (exact) mass is 356 g/mol. The lowest BCUT2D eigenvalue weighted by atomic mass is 9.74. The summed E-state index contributed by atoms with van der Waals surface area (Å²) in [6.07, 6.45) is 2.37. The number of benzene rings is 1. The highest BCUT2D eigenvalue weighted by Crippen LogP contribution is 2.42. The molecule has 8 heteroatoms. The molecule has 1 aromatic heterocycles. The molecule has 2 aliphatic heterocycles. The van der Waals surface area contributed by atoms with Crippen molar-refractivity contribution in [2.45, 2.75) is 19.5 Å². The van der Waals surface area contributed by atoms with Crippen LogP contribution in [-0.4, -0.2) is 73.8 Å². The van der Waals surface area contributed by atoms with Crippen molar-refractivity contribution >= 4 is 5.91 Å². The number of amides is 1. The molecule has 4 rings (SSSR count). The van der Waals surface area contributed by atoms with Crippen molar-refractivity contribution in [1.82, 2.24) is 30.0 Å². The molecule has 138 valence electrons. The number of piperidine rings is 1. The highest BCUT2D eigenvalue weighted by Gasteiger charge is 2.50. The Labute approximate surface area is 152 Å². The Kier molecular flexibility index (Phi) is 4.69. The Balaban J connectivity index is 1.42. The first-order chi connectivity index (χ1) is 12.7.